The van der Waals surface area contributed by atoms with Gasteiger partial charge in [-0.25, -0.2) is 0 Å². The molecule has 0 saturated carbocycles. The predicted molar refractivity (Wildman–Crippen MR) is 61.8 cm³/mol. The first-order valence-electron chi connectivity index (χ1n) is 5.58. The first-order chi connectivity index (χ1) is 7.69. The van der Waals surface area contributed by atoms with Crippen LogP contribution in [0.5, 0.6) is 0 Å². The van der Waals surface area contributed by atoms with Crippen LogP contribution in [0.25, 0.3) is 0 Å². The molecule has 1 N–H and O–H groups in total. The highest BCUT2D eigenvalue weighted by atomic mass is 16.4. The van der Waals surface area contributed by atoms with Crippen molar-refractivity contribution in [3.8, 4) is 0 Å². The minimum absolute atomic E-state index is 0.171. The molecule has 0 aliphatic carbocycles. The Kier molecular flexibility index (Phi) is 6.05. The van der Waals surface area contributed by atoms with Gasteiger partial charge in [-0.1, -0.05) is 13.0 Å². The molecular formula is C12H21NO4. The summed E-state index contributed by atoms with van der Waals surface area (Å²) in [6.07, 6.45) is 2.15. The Hall–Kier alpha value is -1.20. The van der Waals surface area contributed by atoms with Gasteiger partial charge in [0.25, 0.3) is 0 Å². The molecule has 0 rings (SSSR count). The Morgan fingerprint density at radius 3 is 2.24 bits per heavy atom. The maximum atomic E-state index is 11.6. The monoisotopic (exact) mass is 243 g/mol. The fourth-order valence-electron chi connectivity index (χ4n) is 1.47. The molecule has 0 fully saturated rings. The van der Waals surface area contributed by atoms with Gasteiger partial charge >= 0.3 is 0 Å². The first-order valence-corrected chi connectivity index (χ1v) is 5.58. The number of hydrogen-bond donors (Lipinski definition) is 1. The third kappa shape index (κ3) is 6.19. The van der Waals surface area contributed by atoms with Gasteiger partial charge in [0.1, 0.15) is 12.6 Å². The van der Waals surface area contributed by atoms with E-state index in [0.717, 1.165) is 0 Å². The molecule has 0 amide bonds. The van der Waals surface area contributed by atoms with Crippen LogP contribution in [0.4, 0.5) is 0 Å². The van der Waals surface area contributed by atoms with Crippen LogP contribution >= 0.6 is 0 Å². The molecule has 0 aromatic heterocycles. The lowest BCUT2D eigenvalue weighted by Gasteiger charge is -2.30. The van der Waals surface area contributed by atoms with Crippen LogP contribution in [0.2, 0.25) is 0 Å². The van der Waals surface area contributed by atoms with Gasteiger partial charge in [-0.15, -0.1) is 0 Å². The van der Waals surface area contributed by atoms with Gasteiger partial charge in [0.05, 0.1) is 33.0 Å². The zero-order chi connectivity index (χ0) is 13.6. The molecule has 5 heteroatoms. The molecule has 17 heavy (non-hydrogen) atoms. The molecule has 0 spiro atoms. The van der Waals surface area contributed by atoms with Crippen LogP contribution in [0, 0.1) is 5.92 Å². The highest BCUT2D eigenvalue weighted by molar-refractivity contribution is 6.04. The largest absolute Gasteiger partial charge is 0.549 e. The van der Waals surface area contributed by atoms with Crippen LogP contribution in [-0.4, -0.2) is 55.1 Å². The van der Waals surface area contributed by atoms with Crippen molar-refractivity contribution in [3.05, 3.63) is 12.2 Å². The summed E-state index contributed by atoms with van der Waals surface area (Å²) in [7, 11) is 5.42. The van der Waals surface area contributed by atoms with Gasteiger partial charge < -0.3 is 19.5 Å². The van der Waals surface area contributed by atoms with Crippen LogP contribution in [0.3, 0.4) is 0 Å². The van der Waals surface area contributed by atoms with E-state index < -0.39 is 23.8 Å². The minimum Gasteiger partial charge on any atom is -0.549 e. The van der Waals surface area contributed by atoms with Gasteiger partial charge in [0, 0.05) is 0 Å². The van der Waals surface area contributed by atoms with Crippen molar-refractivity contribution in [2.75, 3.05) is 27.7 Å². The summed E-state index contributed by atoms with van der Waals surface area (Å²) >= 11 is 0. The predicted octanol–water partition coefficient (Wildman–Crippen LogP) is -1.05. The van der Waals surface area contributed by atoms with Crippen molar-refractivity contribution in [2.24, 2.45) is 5.92 Å². The Labute approximate surface area is 102 Å². The van der Waals surface area contributed by atoms with Crippen molar-refractivity contribution < 1.29 is 24.3 Å². The lowest BCUT2D eigenvalue weighted by molar-refractivity contribution is -0.873. The van der Waals surface area contributed by atoms with E-state index in [1.165, 1.54) is 6.08 Å². The number of aliphatic hydroxyl groups excluding tert-OH is 1. The molecule has 2 atom stereocenters. The lowest BCUT2D eigenvalue weighted by atomic mass is 9.96. The van der Waals surface area contributed by atoms with Crippen molar-refractivity contribution in [3.63, 3.8) is 0 Å². The Morgan fingerprint density at radius 2 is 1.88 bits per heavy atom. The number of likely N-dealkylation sites (N-methyl/N-ethyl adjacent to an activating group) is 1. The number of allylic oxidation sites excluding steroid dienone is 2. The second-order valence-electron chi connectivity index (χ2n) is 5.05. The maximum absolute atomic E-state index is 11.6. The quantitative estimate of drug-likeness (QED) is 0.352. The fourth-order valence-corrected chi connectivity index (χ4v) is 1.47. The van der Waals surface area contributed by atoms with E-state index in [-0.39, 0.29) is 6.54 Å². The fraction of sp³-hybridized carbons (Fsp3) is 0.667. The van der Waals surface area contributed by atoms with Gasteiger partial charge in [-0.05, 0) is 12.5 Å². The second-order valence-corrected chi connectivity index (χ2v) is 5.05. The van der Waals surface area contributed by atoms with Crippen molar-refractivity contribution in [1.82, 2.24) is 0 Å². The first kappa shape index (κ1) is 15.8. The van der Waals surface area contributed by atoms with Crippen molar-refractivity contribution in [2.45, 2.75) is 19.4 Å². The minimum atomic E-state index is -1.53. The van der Waals surface area contributed by atoms with E-state index >= 15 is 0 Å². The number of carbonyl (C=O) groups is 2. The number of aliphatic carboxylic acids is 1. The number of hydrogen-bond acceptors (Lipinski definition) is 4. The average Bonchev–Trinajstić information content (AvgIpc) is 2.10. The van der Waals surface area contributed by atoms with E-state index in [0.29, 0.717) is 10.9 Å². The van der Waals surface area contributed by atoms with Gasteiger partial charge in [-0.2, -0.15) is 0 Å². The number of quaternary nitrogens is 1. The van der Waals surface area contributed by atoms with E-state index in [2.05, 4.69) is 0 Å². The smallest absolute Gasteiger partial charge is 0.166 e. The summed E-state index contributed by atoms with van der Waals surface area (Å²) in [5.74, 6) is -3.64. The highest BCUT2D eigenvalue weighted by Gasteiger charge is 2.30. The number of ketones is 1. The molecule has 0 aliphatic rings. The second kappa shape index (κ2) is 6.51. The zero-order valence-electron chi connectivity index (χ0n) is 10.8. The van der Waals surface area contributed by atoms with E-state index in [1.807, 2.05) is 28.1 Å². The number of aliphatic hydroxyl groups is 1. The summed E-state index contributed by atoms with van der Waals surface area (Å²) in [6.45, 7) is 2.00. The van der Waals surface area contributed by atoms with E-state index in [9.17, 15) is 19.8 Å². The van der Waals surface area contributed by atoms with Crippen LogP contribution < -0.4 is 5.11 Å². The zero-order valence-corrected chi connectivity index (χ0v) is 10.8. The summed E-state index contributed by atoms with van der Waals surface area (Å²) in [5, 5.41) is 20.7. The summed E-state index contributed by atoms with van der Waals surface area (Å²) in [4.78, 5) is 22.5. The molecule has 98 valence electrons. The summed E-state index contributed by atoms with van der Waals surface area (Å²) in [5.41, 5.74) is 0. The van der Waals surface area contributed by atoms with E-state index in [1.54, 1.807) is 6.08 Å². The number of carboxylic acids is 1. The van der Waals surface area contributed by atoms with Crippen molar-refractivity contribution in [1.29, 1.82) is 0 Å². The Morgan fingerprint density at radius 1 is 1.35 bits per heavy atom. The van der Waals surface area contributed by atoms with Gasteiger partial charge in [-0.3, -0.25) is 4.79 Å². The number of carbonyl (C=O) groups excluding carboxylic acids is 2. The van der Waals surface area contributed by atoms with Crippen molar-refractivity contribution >= 4 is 11.8 Å². The summed E-state index contributed by atoms with van der Waals surface area (Å²) < 4.78 is 0.371. The topological polar surface area (TPSA) is 77.4 Å². The average molecular weight is 243 g/mol. The molecule has 0 aromatic rings. The normalized spacial score (nSPS) is 15.8. The van der Waals surface area contributed by atoms with Crippen LogP contribution in [0.1, 0.15) is 13.3 Å². The van der Waals surface area contributed by atoms with Crippen LogP contribution in [-0.2, 0) is 9.59 Å². The molecule has 0 saturated heterocycles. The molecule has 0 heterocycles. The molecule has 0 bridgehead atoms. The van der Waals surface area contributed by atoms with Gasteiger partial charge in [0.15, 0.2) is 5.78 Å². The number of carboxylic acid groups (broad SMARTS) is 1. The summed E-state index contributed by atoms with van der Waals surface area (Å²) in [6, 6.07) is 0. The third-order valence-electron chi connectivity index (χ3n) is 2.20. The number of rotatable bonds is 7. The van der Waals surface area contributed by atoms with Gasteiger partial charge in [0.2, 0.25) is 0 Å². The standard InChI is InChI=1S/C12H21NO4/c1-5-6-7-9(14)11(12(16)17)10(15)8-13(2,3)4/h6-7,10-11,15H,5,8H2,1-4H3/b7-6+. The number of nitrogens with zero attached hydrogens (tertiary/aromatic N) is 1. The molecule has 5 nitrogen and oxygen atoms in total. The SMILES string of the molecule is CC/C=C/C(=O)C(C(=O)[O-])C(O)C[N+](C)(C)C. The molecule has 0 aromatic carbocycles. The molecule has 0 aliphatic heterocycles. The molecular weight excluding hydrogens is 222 g/mol. The third-order valence-corrected chi connectivity index (χ3v) is 2.20. The molecule has 2 unspecified atom stereocenters. The maximum Gasteiger partial charge on any atom is 0.166 e. The Balaban J connectivity index is 4.80. The lowest BCUT2D eigenvalue weighted by Crippen LogP contribution is -2.50. The molecule has 0 radical (unpaired) electrons. The Bertz CT molecular complexity index is 304. The van der Waals surface area contributed by atoms with Crippen LogP contribution in [0.15, 0.2) is 12.2 Å². The van der Waals surface area contributed by atoms with E-state index in [4.69, 9.17) is 0 Å². The highest BCUT2D eigenvalue weighted by Crippen LogP contribution is 2.09.